The van der Waals surface area contributed by atoms with Gasteiger partial charge < -0.3 is 4.74 Å². The van der Waals surface area contributed by atoms with E-state index in [1.807, 2.05) is 37.3 Å². The Bertz CT molecular complexity index is 717. The van der Waals surface area contributed by atoms with E-state index >= 15 is 0 Å². The molecule has 2 amide bonds. The first-order valence-corrected chi connectivity index (χ1v) is 7.91. The lowest BCUT2D eigenvalue weighted by atomic mass is 9.98. The fraction of sp³-hybridized carbons (Fsp3) is 0.211. The second-order valence-corrected chi connectivity index (χ2v) is 5.54. The fourth-order valence-electron chi connectivity index (χ4n) is 2.18. The van der Waals surface area contributed by atoms with Crippen LogP contribution in [0.4, 0.5) is 0 Å². The van der Waals surface area contributed by atoms with Gasteiger partial charge in [0.25, 0.3) is 11.8 Å². The summed E-state index contributed by atoms with van der Waals surface area (Å²) in [5.41, 5.74) is 5.91. The molecule has 2 aromatic rings. The molecule has 0 bridgehead atoms. The summed E-state index contributed by atoms with van der Waals surface area (Å²) >= 11 is 0. The Labute approximate surface area is 146 Å². The van der Waals surface area contributed by atoms with Crippen LogP contribution in [0.5, 0.6) is 0 Å². The highest BCUT2D eigenvalue weighted by Crippen LogP contribution is 2.18. The highest BCUT2D eigenvalue weighted by atomic mass is 16.5. The van der Waals surface area contributed by atoms with Crippen molar-refractivity contribution in [2.24, 2.45) is 0 Å². The van der Waals surface area contributed by atoms with E-state index in [0.717, 1.165) is 5.56 Å². The first-order chi connectivity index (χ1) is 12.1. The van der Waals surface area contributed by atoms with Crippen LogP contribution in [0.25, 0.3) is 0 Å². The summed E-state index contributed by atoms with van der Waals surface area (Å²) in [6, 6.07) is 18.0. The van der Waals surface area contributed by atoms with Gasteiger partial charge in [-0.25, -0.2) is 0 Å². The SMILES string of the molecule is C[C@@H](CC(=O)OCC(=O)NNC(=O)c1ccccc1)c1ccccc1. The molecule has 0 spiro atoms. The zero-order valence-corrected chi connectivity index (χ0v) is 13.9. The largest absolute Gasteiger partial charge is 0.455 e. The number of hydrogen-bond donors (Lipinski definition) is 2. The topological polar surface area (TPSA) is 84.5 Å². The zero-order valence-electron chi connectivity index (χ0n) is 13.9. The van der Waals surface area contributed by atoms with E-state index in [1.165, 1.54) is 0 Å². The molecule has 0 aliphatic rings. The number of carbonyl (C=O) groups excluding carboxylic acids is 3. The van der Waals surface area contributed by atoms with Gasteiger partial charge in [-0.3, -0.25) is 25.2 Å². The van der Waals surface area contributed by atoms with E-state index in [4.69, 9.17) is 4.74 Å². The van der Waals surface area contributed by atoms with Crippen molar-refractivity contribution in [3.63, 3.8) is 0 Å². The van der Waals surface area contributed by atoms with Gasteiger partial charge in [-0.2, -0.15) is 0 Å². The number of hydrogen-bond acceptors (Lipinski definition) is 4. The summed E-state index contributed by atoms with van der Waals surface area (Å²) < 4.78 is 4.93. The molecule has 6 nitrogen and oxygen atoms in total. The van der Waals surface area contributed by atoms with Crippen molar-refractivity contribution in [3.8, 4) is 0 Å². The van der Waals surface area contributed by atoms with Crippen molar-refractivity contribution in [3.05, 3.63) is 71.8 Å². The Hall–Kier alpha value is -3.15. The van der Waals surface area contributed by atoms with Crippen molar-refractivity contribution in [2.75, 3.05) is 6.61 Å². The number of nitrogens with one attached hydrogen (secondary N) is 2. The number of benzene rings is 2. The van der Waals surface area contributed by atoms with E-state index in [2.05, 4.69) is 10.9 Å². The lowest BCUT2D eigenvalue weighted by molar-refractivity contribution is -0.149. The normalized spacial score (nSPS) is 11.2. The number of amides is 2. The van der Waals surface area contributed by atoms with Gasteiger partial charge in [0, 0.05) is 5.56 Å². The number of carbonyl (C=O) groups is 3. The summed E-state index contributed by atoms with van der Waals surface area (Å²) in [5, 5.41) is 0. The van der Waals surface area contributed by atoms with E-state index in [0.29, 0.717) is 5.56 Å². The Morgan fingerprint density at radius 1 is 0.920 bits per heavy atom. The van der Waals surface area contributed by atoms with Crippen LogP contribution in [-0.4, -0.2) is 24.4 Å². The Morgan fingerprint density at radius 3 is 2.16 bits per heavy atom. The van der Waals surface area contributed by atoms with E-state index in [1.54, 1.807) is 30.3 Å². The van der Waals surface area contributed by atoms with Crippen molar-refractivity contribution >= 4 is 17.8 Å². The predicted molar refractivity (Wildman–Crippen MR) is 92.5 cm³/mol. The molecule has 0 saturated carbocycles. The van der Waals surface area contributed by atoms with Crippen molar-refractivity contribution in [2.45, 2.75) is 19.3 Å². The van der Waals surface area contributed by atoms with Gasteiger partial charge in [0.2, 0.25) is 0 Å². The minimum Gasteiger partial charge on any atom is -0.455 e. The van der Waals surface area contributed by atoms with Gasteiger partial charge in [-0.05, 0) is 23.6 Å². The monoisotopic (exact) mass is 340 g/mol. The van der Waals surface area contributed by atoms with Gasteiger partial charge in [0.15, 0.2) is 6.61 Å². The molecule has 0 radical (unpaired) electrons. The molecule has 25 heavy (non-hydrogen) atoms. The lowest BCUT2D eigenvalue weighted by Crippen LogP contribution is -2.43. The van der Waals surface area contributed by atoms with Crippen LogP contribution in [0.3, 0.4) is 0 Å². The molecule has 130 valence electrons. The molecule has 0 aliphatic carbocycles. The summed E-state index contributed by atoms with van der Waals surface area (Å²) in [7, 11) is 0. The first kappa shape index (κ1) is 18.2. The van der Waals surface area contributed by atoms with Crippen LogP contribution >= 0.6 is 0 Å². The Morgan fingerprint density at radius 2 is 1.52 bits per heavy atom. The molecule has 2 rings (SSSR count). The Balaban J connectivity index is 1.69. The molecule has 0 aliphatic heterocycles. The third-order valence-electron chi connectivity index (χ3n) is 3.56. The second-order valence-electron chi connectivity index (χ2n) is 5.54. The molecular formula is C19H20N2O4. The molecule has 0 aromatic heterocycles. The molecule has 1 atom stereocenters. The van der Waals surface area contributed by atoms with Crippen LogP contribution in [-0.2, 0) is 14.3 Å². The van der Waals surface area contributed by atoms with Crippen LogP contribution < -0.4 is 10.9 Å². The third kappa shape index (κ3) is 6.10. The minimum atomic E-state index is -0.606. The van der Waals surface area contributed by atoms with Gasteiger partial charge in [-0.15, -0.1) is 0 Å². The summed E-state index contributed by atoms with van der Waals surface area (Å²) in [6.07, 6.45) is 0.174. The highest BCUT2D eigenvalue weighted by Gasteiger charge is 2.14. The number of ether oxygens (including phenoxy) is 1. The third-order valence-corrected chi connectivity index (χ3v) is 3.56. The molecule has 0 heterocycles. The molecule has 2 aromatic carbocycles. The zero-order chi connectivity index (χ0) is 18.1. The van der Waals surface area contributed by atoms with Gasteiger partial charge in [-0.1, -0.05) is 55.5 Å². The smallest absolute Gasteiger partial charge is 0.306 e. The lowest BCUT2D eigenvalue weighted by Gasteiger charge is -2.12. The molecular weight excluding hydrogens is 320 g/mol. The quantitative estimate of drug-likeness (QED) is 0.623. The molecule has 0 unspecified atom stereocenters. The first-order valence-electron chi connectivity index (χ1n) is 7.91. The summed E-state index contributed by atoms with van der Waals surface area (Å²) in [6.45, 7) is 1.46. The number of esters is 1. The predicted octanol–water partition coefficient (Wildman–Crippen LogP) is 2.18. The minimum absolute atomic E-state index is 0.00505. The maximum Gasteiger partial charge on any atom is 0.306 e. The molecule has 6 heteroatoms. The average Bonchev–Trinajstić information content (AvgIpc) is 2.65. The van der Waals surface area contributed by atoms with E-state index in [-0.39, 0.29) is 12.3 Å². The fourth-order valence-corrected chi connectivity index (χ4v) is 2.18. The van der Waals surface area contributed by atoms with Crippen molar-refractivity contribution in [1.82, 2.24) is 10.9 Å². The molecule has 0 fully saturated rings. The standard InChI is InChI=1S/C19H20N2O4/c1-14(15-8-4-2-5-9-15)12-18(23)25-13-17(22)20-21-19(24)16-10-6-3-7-11-16/h2-11,14H,12-13H2,1H3,(H,20,22)(H,21,24)/t14-/m0/s1. The maximum atomic E-state index is 11.8. The van der Waals surface area contributed by atoms with E-state index < -0.39 is 24.4 Å². The maximum absolute atomic E-state index is 11.8. The van der Waals surface area contributed by atoms with Crippen LogP contribution in [0, 0.1) is 0 Å². The molecule has 0 saturated heterocycles. The number of hydrazine groups is 1. The summed E-state index contributed by atoms with van der Waals surface area (Å²) in [5.74, 6) is -1.53. The van der Waals surface area contributed by atoms with Crippen LogP contribution in [0.15, 0.2) is 60.7 Å². The average molecular weight is 340 g/mol. The van der Waals surface area contributed by atoms with Crippen molar-refractivity contribution < 1.29 is 19.1 Å². The van der Waals surface area contributed by atoms with Crippen molar-refractivity contribution in [1.29, 1.82) is 0 Å². The number of rotatable bonds is 6. The molecule has 2 N–H and O–H groups in total. The Kier molecular flexibility index (Phi) is 6.71. The second kappa shape index (κ2) is 9.22. The van der Waals surface area contributed by atoms with Gasteiger partial charge >= 0.3 is 5.97 Å². The van der Waals surface area contributed by atoms with Gasteiger partial charge in [0.1, 0.15) is 0 Å². The van der Waals surface area contributed by atoms with E-state index in [9.17, 15) is 14.4 Å². The highest BCUT2D eigenvalue weighted by molar-refractivity contribution is 5.95. The van der Waals surface area contributed by atoms with Gasteiger partial charge in [0.05, 0.1) is 6.42 Å². The summed E-state index contributed by atoms with van der Waals surface area (Å²) in [4.78, 5) is 35.2. The van der Waals surface area contributed by atoms with Crippen LogP contribution in [0.1, 0.15) is 35.2 Å². The van der Waals surface area contributed by atoms with Crippen LogP contribution in [0.2, 0.25) is 0 Å².